The third-order valence-corrected chi connectivity index (χ3v) is 1.39. The van der Waals surface area contributed by atoms with Crippen LogP contribution < -0.4 is 5.73 Å². The molecule has 62 valence electrons. The Kier molecular flexibility index (Phi) is 4.55. The minimum atomic E-state index is 0.171. The monoisotopic (exact) mass is 151 g/mol. The van der Waals surface area contributed by atoms with Crippen LogP contribution in [0.15, 0.2) is 36.5 Å². The van der Waals surface area contributed by atoms with E-state index in [1.807, 2.05) is 26.0 Å². The second-order valence-corrected chi connectivity index (χ2v) is 2.81. The smallest absolute Gasteiger partial charge is 0.00509 e. The Balaban J connectivity index is 3.94. The van der Waals surface area contributed by atoms with E-state index in [1.165, 1.54) is 0 Å². The van der Waals surface area contributed by atoms with Gasteiger partial charge in [-0.3, -0.25) is 0 Å². The van der Waals surface area contributed by atoms with E-state index in [0.717, 1.165) is 17.6 Å². The van der Waals surface area contributed by atoms with Gasteiger partial charge in [0.05, 0.1) is 0 Å². The van der Waals surface area contributed by atoms with Crippen molar-refractivity contribution in [2.45, 2.75) is 26.3 Å². The first-order valence-electron chi connectivity index (χ1n) is 3.83. The molecule has 0 radical (unpaired) electrons. The molecule has 0 amide bonds. The van der Waals surface area contributed by atoms with E-state index >= 15 is 0 Å². The van der Waals surface area contributed by atoms with Crippen LogP contribution in [0.4, 0.5) is 0 Å². The molecule has 0 bridgehead atoms. The molecule has 2 N–H and O–H groups in total. The SMILES string of the molecule is C=C(/C=C\C)C(=C)CC(C)N. The van der Waals surface area contributed by atoms with E-state index in [1.54, 1.807) is 0 Å². The second-order valence-electron chi connectivity index (χ2n) is 2.81. The Morgan fingerprint density at radius 3 is 2.45 bits per heavy atom. The van der Waals surface area contributed by atoms with Crippen molar-refractivity contribution < 1.29 is 0 Å². The molecule has 0 saturated heterocycles. The van der Waals surface area contributed by atoms with Gasteiger partial charge in [-0.1, -0.05) is 25.3 Å². The lowest BCUT2D eigenvalue weighted by Crippen LogP contribution is -2.15. The minimum absolute atomic E-state index is 0.171. The quantitative estimate of drug-likeness (QED) is 0.613. The fraction of sp³-hybridized carbons (Fsp3) is 0.400. The van der Waals surface area contributed by atoms with Crippen molar-refractivity contribution in [3.8, 4) is 0 Å². The first kappa shape index (κ1) is 10.2. The van der Waals surface area contributed by atoms with Crippen LogP contribution in [0.2, 0.25) is 0 Å². The van der Waals surface area contributed by atoms with Crippen molar-refractivity contribution in [3.05, 3.63) is 36.5 Å². The van der Waals surface area contributed by atoms with Crippen molar-refractivity contribution in [1.29, 1.82) is 0 Å². The van der Waals surface area contributed by atoms with E-state index in [4.69, 9.17) is 5.73 Å². The fourth-order valence-corrected chi connectivity index (χ4v) is 0.839. The topological polar surface area (TPSA) is 26.0 Å². The summed E-state index contributed by atoms with van der Waals surface area (Å²) in [5, 5.41) is 0. The maximum Gasteiger partial charge on any atom is 0.00509 e. The van der Waals surface area contributed by atoms with Gasteiger partial charge in [-0.15, -0.1) is 0 Å². The van der Waals surface area contributed by atoms with Crippen LogP contribution >= 0.6 is 0 Å². The minimum Gasteiger partial charge on any atom is -0.328 e. The molecule has 1 nitrogen and oxygen atoms in total. The zero-order valence-corrected chi connectivity index (χ0v) is 7.43. The zero-order chi connectivity index (χ0) is 8.85. The third kappa shape index (κ3) is 4.57. The Bertz CT molecular complexity index is 175. The number of allylic oxidation sites excluding steroid dienone is 3. The van der Waals surface area contributed by atoms with E-state index < -0.39 is 0 Å². The lowest BCUT2D eigenvalue weighted by molar-refractivity contribution is 0.739. The number of hydrogen-bond acceptors (Lipinski definition) is 1. The van der Waals surface area contributed by atoms with E-state index in [0.29, 0.717) is 0 Å². The molecule has 0 aliphatic rings. The highest BCUT2D eigenvalue weighted by atomic mass is 14.6. The van der Waals surface area contributed by atoms with Crippen LogP contribution in [0.3, 0.4) is 0 Å². The van der Waals surface area contributed by atoms with Crippen molar-refractivity contribution in [2.75, 3.05) is 0 Å². The van der Waals surface area contributed by atoms with Crippen molar-refractivity contribution in [1.82, 2.24) is 0 Å². The summed E-state index contributed by atoms with van der Waals surface area (Å²) in [6.45, 7) is 11.7. The molecule has 0 heterocycles. The Morgan fingerprint density at radius 2 is 2.09 bits per heavy atom. The molecule has 11 heavy (non-hydrogen) atoms. The highest BCUT2D eigenvalue weighted by molar-refractivity contribution is 5.35. The zero-order valence-electron chi connectivity index (χ0n) is 7.43. The van der Waals surface area contributed by atoms with Gasteiger partial charge in [-0.05, 0) is 31.4 Å². The average molecular weight is 151 g/mol. The molecule has 0 aromatic rings. The maximum atomic E-state index is 5.60. The largest absolute Gasteiger partial charge is 0.328 e. The van der Waals surface area contributed by atoms with Crippen LogP contribution in [-0.2, 0) is 0 Å². The highest BCUT2D eigenvalue weighted by Gasteiger charge is 1.99. The Labute approximate surface area is 69.3 Å². The van der Waals surface area contributed by atoms with Crippen LogP contribution in [0, 0.1) is 0 Å². The van der Waals surface area contributed by atoms with Gasteiger partial charge in [-0.25, -0.2) is 0 Å². The highest BCUT2D eigenvalue weighted by Crippen LogP contribution is 2.12. The second kappa shape index (κ2) is 4.91. The summed E-state index contributed by atoms with van der Waals surface area (Å²) in [4.78, 5) is 0. The first-order valence-corrected chi connectivity index (χ1v) is 3.83. The average Bonchev–Trinajstić information content (AvgIpc) is 1.86. The summed E-state index contributed by atoms with van der Waals surface area (Å²) in [6.07, 6.45) is 4.72. The van der Waals surface area contributed by atoms with E-state index in [9.17, 15) is 0 Å². The predicted molar refractivity (Wildman–Crippen MR) is 51.4 cm³/mol. The van der Waals surface area contributed by atoms with E-state index in [-0.39, 0.29) is 6.04 Å². The lowest BCUT2D eigenvalue weighted by atomic mass is 10.0. The fourth-order valence-electron chi connectivity index (χ4n) is 0.839. The van der Waals surface area contributed by atoms with Crippen molar-refractivity contribution in [2.24, 2.45) is 5.73 Å². The summed E-state index contributed by atoms with van der Waals surface area (Å²) >= 11 is 0. The first-order chi connectivity index (χ1) is 5.07. The molecule has 0 aliphatic heterocycles. The van der Waals surface area contributed by atoms with Crippen LogP contribution in [0.25, 0.3) is 0 Å². The lowest BCUT2D eigenvalue weighted by Gasteiger charge is -2.07. The molecule has 1 heteroatoms. The number of rotatable bonds is 4. The standard InChI is InChI=1S/C10H17N/c1-5-6-8(2)9(3)7-10(4)11/h5-6,10H,2-3,7,11H2,1,4H3/b6-5-. The van der Waals surface area contributed by atoms with Gasteiger partial charge in [0.15, 0.2) is 0 Å². The molecule has 0 rings (SSSR count). The molecule has 0 aromatic carbocycles. The van der Waals surface area contributed by atoms with Crippen molar-refractivity contribution >= 4 is 0 Å². The molecular formula is C10H17N. The molecule has 0 spiro atoms. The van der Waals surface area contributed by atoms with Gasteiger partial charge >= 0.3 is 0 Å². The third-order valence-electron chi connectivity index (χ3n) is 1.39. The molecule has 0 fully saturated rings. The predicted octanol–water partition coefficient (Wildman–Crippen LogP) is 2.41. The van der Waals surface area contributed by atoms with Gasteiger partial charge in [0.25, 0.3) is 0 Å². The summed E-state index contributed by atoms with van der Waals surface area (Å²) < 4.78 is 0. The van der Waals surface area contributed by atoms with E-state index in [2.05, 4.69) is 13.2 Å². The summed E-state index contributed by atoms with van der Waals surface area (Å²) in [7, 11) is 0. The number of nitrogens with two attached hydrogens (primary N) is 1. The number of hydrogen-bond donors (Lipinski definition) is 1. The molecular weight excluding hydrogens is 134 g/mol. The van der Waals surface area contributed by atoms with Crippen molar-refractivity contribution in [3.63, 3.8) is 0 Å². The Morgan fingerprint density at radius 1 is 1.55 bits per heavy atom. The summed E-state index contributed by atoms with van der Waals surface area (Å²) in [6, 6.07) is 0.171. The molecule has 0 saturated carbocycles. The normalized spacial score (nSPS) is 13.4. The molecule has 1 atom stereocenters. The summed E-state index contributed by atoms with van der Waals surface area (Å²) in [5.74, 6) is 0. The molecule has 1 unspecified atom stereocenters. The van der Waals surface area contributed by atoms with Crippen LogP contribution in [0.1, 0.15) is 20.3 Å². The van der Waals surface area contributed by atoms with Gasteiger partial charge in [0, 0.05) is 6.04 Å². The van der Waals surface area contributed by atoms with Crippen LogP contribution in [0.5, 0.6) is 0 Å². The molecule has 0 aromatic heterocycles. The maximum absolute atomic E-state index is 5.60. The van der Waals surface area contributed by atoms with Crippen LogP contribution in [-0.4, -0.2) is 6.04 Å². The molecule has 0 aliphatic carbocycles. The summed E-state index contributed by atoms with van der Waals surface area (Å²) in [5.41, 5.74) is 7.60. The van der Waals surface area contributed by atoms with Gasteiger partial charge in [0.1, 0.15) is 0 Å². The Hall–Kier alpha value is -0.820. The van der Waals surface area contributed by atoms with Gasteiger partial charge in [-0.2, -0.15) is 0 Å². The van der Waals surface area contributed by atoms with Gasteiger partial charge in [0.2, 0.25) is 0 Å². The van der Waals surface area contributed by atoms with Gasteiger partial charge < -0.3 is 5.73 Å².